The summed E-state index contributed by atoms with van der Waals surface area (Å²) < 4.78 is 4.77. The third kappa shape index (κ3) is 4.68. The maximum absolute atomic E-state index is 12.0. The molecule has 0 fully saturated rings. The lowest BCUT2D eigenvalue weighted by atomic mass is 10.1. The summed E-state index contributed by atoms with van der Waals surface area (Å²) >= 11 is 1.60. The molecule has 150 valence electrons. The van der Waals surface area contributed by atoms with Gasteiger partial charge in [0, 0.05) is 22.5 Å². The van der Waals surface area contributed by atoms with Crippen LogP contribution in [0, 0.1) is 0 Å². The van der Waals surface area contributed by atoms with Gasteiger partial charge in [0.1, 0.15) is 5.82 Å². The zero-order chi connectivity index (χ0) is 20.8. The van der Waals surface area contributed by atoms with Gasteiger partial charge in [-0.2, -0.15) is 0 Å². The first kappa shape index (κ1) is 20.7. The number of Topliss-reactive ketones (excluding diaryl/α,β-unsaturated/α-hetero) is 1. The minimum atomic E-state index is -0.842. The number of carbonyl (C=O) groups is 2. The summed E-state index contributed by atoms with van der Waals surface area (Å²) in [6.45, 7) is 6.00. The van der Waals surface area contributed by atoms with E-state index in [2.05, 4.69) is 19.2 Å². The highest BCUT2D eigenvalue weighted by atomic mass is 32.1. The van der Waals surface area contributed by atoms with Gasteiger partial charge in [0.15, 0.2) is 5.82 Å². The van der Waals surface area contributed by atoms with E-state index in [-0.39, 0.29) is 6.61 Å². The number of ether oxygens (including phenoxy) is 1. The molecule has 1 aromatic carbocycles. The molecular formula is C22H23N3O3S. The monoisotopic (exact) mass is 409 g/mol. The van der Waals surface area contributed by atoms with E-state index < -0.39 is 11.8 Å². The maximum Gasteiger partial charge on any atom is 0.379 e. The largest absolute Gasteiger partial charge is 0.460 e. The third-order valence-electron chi connectivity index (χ3n) is 4.39. The molecule has 3 aromatic rings. The summed E-state index contributed by atoms with van der Waals surface area (Å²) in [4.78, 5) is 34.2. The smallest absolute Gasteiger partial charge is 0.379 e. The van der Waals surface area contributed by atoms with Gasteiger partial charge < -0.3 is 10.1 Å². The number of aryl methyl sites for hydroxylation is 1. The molecule has 0 bridgehead atoms. The van der Waals surface area contributed by atoms with Crippen LogP contribution in [0.1, 0.15) is 42.4 Å². The lowest BCUT2D eigenvalue weighted by Gasteiger charge is -2.15. The van der Waals surface area contributed by atoms with Crippen molar-refractivity contribution in [1.29, 1.82) is 0 Å². The molecule has 0 aliphatic rings. The Kier molecular flexibility index (Phi) is 6.72. The van der Waals surface area contributed by atoms with Gasteiger partial charge in [0.2, 0.25) is 0 Å². The van der Waals surface area contributed by atoms with Crippen LogP contribution < -0.4 is 5.32 Å². The van der Waals surface area contributed by atoms with Crippen LogP contribution in [0.2, 0.25) is 0 Å². The first-order chi connectivity index (χ1) is 14.1. The number of esters is 1. The molecule has 0 saturated carbocycles. The fraction of sp³-hybridized carbons (Fsp3) is 0.273. The number of hydrogen-bond acceptors (Lipinski definition) is 7. The van der Waals surface area contributed by atoms with Crippen LogP contribution in [0.3, 0.4) is 0 Å². The van der Waals surface area contributed by atoms with E-state index in [4.69, 9.17) is 14.7 Å². The molecule has 0 saturated heterocycles. The van der Waals surface area contributed by atoms with Crippen LogP contribution >= 0.6 is 11.3 Å². The maximum atomic E-state index is 12.0. The van der Waals surface area contributed by atoms with E-state index in [1.807, 2.05) is 17.5 Å². The Balaban J connectivity index is 1.90. The van der Waals surface area contributed by atoms with Gasteiger partial charge in [-0.05, 0) is 55.5 Å². The Bertz CT molecular complexity index is 999. The number of aromatic nitrogens is 2. The summed E-state index contributed by atoms with van der Waals surface area (Å²) in [6.07, 6.45) is 1.61. The number of rotatable bonds is 8. The quantitative estimate of drug-likeness (QED) is 0.326. The molecule has 7 heteroatoms. The lowest BCUT2D eigenvalue weighted by molar-refractivity contribution is -0.137. The molecule has 1 N–H and O–H groups in total. The number of thiophene rings is 1. The highest BCUT2D eigenvalue weighted by Crippen LogP contribution is 2.28. The standard InChI is InChI=1S/C22H23N3O3S/c1-4-16-17(5-2)24-21(18-8-7-13-29-18)25-20(16)23-15-11-9-14(10-12-15)19(26)22(27)28-6-3/h7-13H,4-6H2,1-3H3,(H,23,24,25). The van der Waals surface area contributed by atoms with Gasteiger partial charge in [0.05, 0.1) is 11.5 Å². The highest BCUT2D eigenvalue weighted by molar-refractivity contribution is 7.13. The number of nitrogens with zero attached hydrogens (tertiary/aromatic N) is 2. The molecule has 2 heterocycles. The lowest BCUT2D eigenvalue weighted by Crippen LogP contribution is -2.17. The SMILES string of the molecule is CCOC(=O)C(=O)c1ccc(Nc2nc(-c3cccs3)nc(CC)c2CC)cc1. The van der Waals surface area contributed by atoms with Gasteiger partial charge in [-0.15, -0.1) is 11.3 Å². The van der Waals surface area contributed by atoms with Gasteiger partial charge in [0.25, 0.3) is 5.78 Å². The molecule has 0 aliphatic heterocycles. The summed E-state index contributed by atoms with van der Waals surface area (Å²) in [5.41, 5.74) is 3.15. The molecule has 3 rings (SSSR count). The molecule has 0 unspecified atom stereocenters. The molecule has 29 heavy (non-hydrogen) atoms. The first-order valence-electron chi connectivity index (χ1n) is 9.59. The Morgan fingerprint density at radius 1 is 1.03 bits per heavy atom. The van der Waals surface area contributed by atoms with Crippen LogP contribution in [0.4, 0.5) is 11.5 Å². The molecule has 0 spiro atoms. The molecule has 0 aliphatic carbocycles. The first-order valence-corrected chi connectivity index (χ1v) is 10.5. The number of ketones is 1. The van der Waals surface area contributed by atoms with Crippen molar-refractivity contribution in [3.63, 3.8) is 0 Å². The van der Waals surface area contributed by atoms with Crippen molar-refractivity contribution < 1.29 is 14.3 Å². The second kappa shape index (κ2) is 9.43. The van der Waals surface area contributed by atoms with Crippen LogP contribution in [0.5, 0.6) is 0 Å². The number of nitrogens with one attached hydrogen (secondary N) is 1. The van der Waals surface area contributed by atoms with E-state index in [1.54, 1.807) is 42.5 Å². The number of carbonyl (C=O) groups excluding carboxylic acids is 2. The van der Waals surface area contributed by atoms with E-state index in [0.717, 1.165) is 40.5 Å². The topological polar surface area (TPSA) is 81.2 Å². The van der Waals surface area contributed by atoms with Crippen molar-refractivity contribution in [1.82, 2.24) is 9.97 Å². The van der Waals surface area contributed by atoms with Crippen LogP contribution in [0.15, 0.2) is 41.8 Å². The average Bonchev–Trinajstić information content (AvgIpc) is 3.28. The number of benzene rings is 1. The average molecular weight is 410 g/mol. The van der Waals surface area contributed by atoms with Crippen molar-refractivity contribution in [2.24, 2.45) is 0 Å². The predicted molar refractivity (Wildman–Crippen MR) is 115 cm³/mol. The summed E-state index contributed by atoms with van der Waals surface area (Å²) in [5.74, 6) is -0.0359. The Morgan fingerprint density at radius 2 is 1.79 bits per heavy atom. The molecule has 6 nitrogen and oxygen atoms in total. The Morgan fingerprint density at radius 3 is 2.38 bits per heavy atom. The highest BCUT2D eigenvalue weighted by Gasteiger charge is 2.18. The van der Waals surface area contributed by atoms with Crippen molar-refractivity contribution in [3.8, 4) is 10.7 Å². The van der Waals surface area contributed by atoms with E-state index in [1.165, 1.54) is 0 Å². The van der Waals surface area contributed by atoms with Crippen LogP contribution in [-0.2, 0) is 22.4 Å². The van der Waals surface area contributed by atoms with Gasteiger partial charge in [-0.3, -0.25) is 4.79 Å². The second-order valence-corrected chi connectivity index (χ2v) is 7.21. The normalized spacial score (nSPS) is 10.6. The fourth-order valence-corrected chi connectivity index (χ4v) is 3.63. The predicted octanol–water partition coefficient (Wildman–Crippen LogP) is 4.82. The molecular weight excluding hydrogens is 386 g/mol. The molecule has 0 radical (unpaired) electrons. The van der Waals surface area contributed by atoms with Crippen molar-refractivity contribution in [3.05, 3.63) is 58.6 Å². The van der Waals surface area contributed by atoms with E-state index in [9.17, 15) is 9.59 Å². The molecule has 2 aromatic heterocycles. The minimum Gasteiger partial charge on any atom is -0.460 e. The van der Waals surface area contributed by atoms with Crippen LogP contribution in [0.25, 0.3) is 10.7 Å². The van der Waals surface area contributed by atoms with E-state index in [0.29, 0.717) is 11.4 Å². The molecule has 0 atom stereocenters. The second-order valence-electron chi connectivity index (χ2n) is 6.26. The van der Waals surface area contributed by atoms with Crippen molar-refractivity contribution >= 4 is 34.6 Å². The van der Waals surface area contributed by atoms with Crippen molar-refractivity contribution in [2.45, 2.75) is 33.6 Å². The zero-order valence-electron chi connectivity index (χ0n) is 16.7. The van der Waals surface area contributed by atoms with E-state index >= 15 is 0 Å². The summed E-state index contributed by atoms with van der Waals surface area (Å²) in [6, 6.07) is 10.7. The van der Waals surface area contributed by atoms with Crippen LogP contribution in [-0.4, -0.2) is 28.3 Å². The van der Waals surface area contributed by atoms with Crippen molar-refractivity contribution in [2.75, 3.05) is 11.9 Å². The number of hydrogen-bond donors (Lipinski definition) is 1. The Hall–Kier alpha value is -3.06. The molecule has 0 amide bonds. The Labute approximate surface area is 174 Å². The fourth-order valence-electron chi connectivity index (χ4n) is 2.97. The summed E-state index contributed by atoms with van der Waals surface area (Å²) in [7, 11) is 0. The van der Waals surface area contributed by atoms with Gasteiger partial charge >= 0.3 is 5.97 Å². The zero-order valence-corrected chi connectivity index (χ0v) is 17.5. The minimum absolute atomic E-state index is 0.171. The van der Waals surface area contributed by atoms with Gasteiger partial charge in [-0.1, -0.05) is 19.9 Å². The summed E-state index contributed by atoms with van der Waals surface area (Å²) in [5, 5.41) is 5.35. The number of anilines is 2. The third-order valence-corrected chi connectivity index (χ3v) is 5.26. The van der Waals surface area contributed by atoms with Gasteiger partial charge in [-0.25, -0.2) is 14.8 Å².